The van der Waals surface area contributed by atoms with Crippen molar-refractivity contribution in [3.05, 3.63) is 34.1 Å². The van der Waals surface area contributed by atoms with Gasteiger partial charge < -0.3 is 5.73 Å². The molecule has 1 aromatic rings. The molecule has 0 bridgehead atoms. The number of hydrogen-bond donors (Lipinski definition) is 1. The minimum Gasteiger partial charge on any atom is -0.328 e. The maximum atomic E-state index is 14.2. The number of rotatable bonds is 5. The minimum atomic E-state index is -1.50. The molecule has 0 aliphatic carbocycles. The molecule has 1 rings (SSSR count). The van der Waals surface area contributed by atoms with E-state index in [1.54, 1.807) is 12.1 Å². The Morgan fingerprint density at radius 1 is 1.44 bits per heavy atom. The predicted octanol–water partition coefficient (Wildman–Crippen LogP) is 3.60. The van der Waals surface area contributed by atoms with E-state index in [1.807, 2.05) is 6.92 Å². The summed E-state index contributed by atoms with van der Waals surface area (Å²) >= 11 is 3.17. The molecule has 1 atom stereocenters. The second kappa shape index (κ2) is 5.73. The largest absolute Gasteiger partial charge is 0.328 e. The van der Waals surface area contributed by atoms with E-state index in [2.05, 4.69) is 15.9 Å². The zero-order chi connectivity index (χ0) is 12.2. The zero-order valence-electron chi connectivity index (χ0n) is 9.27. The SMILES string of the molecule is CCCC(F)(CN)Cc1ccc(Br)cc1F. The molecule has 16 heavy (non-hydrogen) atoms. The molecule has 0 saturated heterocycles. The Kier molecular flexibility index (Phi) is 4.87. The van der Waals surface area contributed by atoms with Gasteiger partial charge in [0.1, 0.15) is 11.5 Å². The first-order valence-corrected chi connectivity index (χ1v) is 6.13. The minimum absolute atomic E-state index is 0.0381. The lowest BCUT2D eigenvalue weighted by atomic mass is 9.92. The standard InChI is InChI=1S/C12H16BrF2N/c1-2-5-12(15,8-16)7-9-3-4-10(13)6-11(9)14/h3-4,6H,2,5,7-8,16H2,1H3. The molecule has 0 heterocycles. The molecule has 0 fully saturated rings. The van der Waals surface area contributed by atoms with Crippen molar-refractivity contribution < 1.29 is 8.78 Å². The van der Waals surface area contributed by atoms with Crippen molar-refractivity contribution in [3.63, 3.8) is 0 Å². The normalized spacial score (nSPS) is 14.8. The van der Waals surface area contributed by atoms with Crippen LogP contribution in [0.3, 0.4) is 0 Å². The Morgan fingerprint density at radius 2 is 2.12 bits per heavy atom. The highest BCUT2D eigenvalue weighted by atomic mass is 79.9. The lowest BCUT2D eigenvalue weighted by Gasteiger charge is -2.23. The monoisotopic (exact) mass is 291 g/mol. The molecule has 90 valence electrons. The third-order valence-electron chi connectivity index (χ3n) is 2.59. The van der Waals surface area contributed by atoms with Gasteiger partial charge in [-0.25, -0.2) is 8.78 Å². The molecule has 2 N–H and O–H groups in total. The van der Waals surface area contributed by atoms with Gasteiger partial charge in [-0.2, -0.15) is 0 Å². The lowest BCUT2D eigenvalue weighted by Crippen LogP contribution is -2.35. The molecular formula is C12H16BrF2N. The number of nitrogens with two attached hydrogens (primary N) is 1. The summed E-state index contributed by atoms with van der Waals surface area (Å²) in [4.78, 5) is 0. The van der Waals surface area contributed by atoms with Crippen LogP contribution in [-0.4, -0.2) is 12.2 Å². The van der Waals surface area contributed by atoms with Crippen molar-refractivity contribution in [2.24, 2.45) is 5.73 Å². The van der Waals surface area contributed by atoms with Crippen LogP contribution in [0.15, 0.2) is 22.7 Å². The highest BCUT2D eigenvalue weighted by Crippen LogP contribution is 2.25. The summed E-state index contributed by atoms with van der Waals surface area (Å²) in [7, 11) is 0. The Bertz CT molecular complexity index is 357. The van der Waals surface area contributed by atoms with Crippen molar-refractivity contribution in [1.29, 1.82) is 0 Å². The Morgan fingerprint density at radius 3 is 2.62 bits per heavy atom. The molecule has 0 amide bonds. The van der Waals surface area contributed by atoms with E-state index in [0.29, 0.717) is 22.9 Å². The van der Waals surface area contributed by atoms with Gasteiger partial charge in [-0.3, -0.25) is 0 Å². The fourth-order valence-corrected chi connectivity index (χ4v) is 2.05. The first-order chi connectivity index (χ1) is 7.50. The van der Waals surface area contributed by atoms with Crippen LogP contribution in [0, 0.1) is 5.82 Å². The van der Waals surface area contributed by atoms with Gasteiger partial charge in [0, 0.05) is 17.4 Å². The van der Waals surface area contributed by atoms with Gasteiger partial charge in [0.2, 0.25) is 0 Å². The van der Waals surface area contributed by atoms with E-state index in [0.717, 1.165) is 0 Å². The molecule has 0 saturated carbocycles. The summed E-state index contributed by atoms with van der Waals surface area (Å²) in [6.07, 6.45) is 1.10. The van der Waals surface area contributed by atoms with Crippen LogP contribution in [0.25, 0.3) is 0 Å². The van der Waals surface area contributed by atoms with Crippen LogP contribution < -0.4 is 5.73 Å². The van der Waals surface area contributed by atoms with Crippen molar-refractivity contribution >= 4 is 15.9 Å². The number of hydrogen-bond acceptors (Lipinski definition) is 1. The van der Waals surface area contributed by atoms with Crippen LogP contribution in [0.2, 0.25) is 0 Å². The molecule has 0 radical (unpaired) electrons. The molecule has 1 nitrogen and oxygen atoms in total. The molecule has 0 aliphatic rings. The van der Waals surface area contributed by atoms with Gasteiger partial charge in [-0.15, -0.1) is 0 Å². The highest BCUT2D eigenvalue weighted by molar-refractivity contribution is 9.10. The highest BCUT2D eigenvalue weighted by Gasteiger charge is 2.28. The van der Waals surface area contributed by atoms with E-state index in [-0.39, 0.29) is 18.8 Å². The van der Waals surface area contributed by atoms with Gasteiger partial charge in [0.05, 0.1) is 0 Å². The summed E-state index contributed by atoms with van der Waals surface area (Å²) in [5, 5.41) is 0. The Hall–Kier alpha value is -0.480. The topological polar surface area (TPSA) is 26.0 Å². The second-order valence-corrected chi connectivity index (χ2v) is 4.93. The summed E-state index contributed by atoms with van der Waals surface area (Å²) in [5.41, 5.74) is 4.30. The maximum Gasteiger partial charge on any atom is 0.127 e. The van der Waals surface area contributed by atoms with Crippen molar-refractivity contribution in [2.45, 2.75) is 31.9 Å². The number of halogens is 3. The summed E-state index contributed by atoms with van der Waals surface area (Å²) in [5.74, 6) is -0.388. The van der Waals surface area contributed by atoms with Crippen LogP contribution >= 0.6 is 15.9 Å². The summed E-state index contributed by atoms with van der Waals surface area (Å²) < 4.78 is 28.4. The smallest absolute Gasteiger partial charge is 0.127 e. The first-order valence-electron chi connectivity index (χ1n) is 5.33. The maximum absolute atomic E-state index is 14.2. The van der Waals surface area contributed by atoms with Gasteiger partial charge in [0.25, 0.3) is 0 Å². The molecule has 1 aromatic carbocycles. The molecular weight excluding hydrogens is 276 g/mol. The van der Waals surface area contributed by atoms with E-state index >= 15 is 0 Å². The third-order valence-corrected chi connectivity index (χ3v) is 3.08. The lowest BCUT2D eigenvalue weighted by molar-refractivity contribution is 0.157. The van der Waals surface area contributed by atoms with Crippen LogP contribution in [-0.2, 0) is 6.42 Å². The molecule has 0 aromatic heterocycles. The molecule has 1 unspecified atom stereocenters. The third kappa shape index (κ3) is 3.52. The molecule has 0 aliphatic heterocycles. The molecule has 4 heteroatoms. The van der Waals surface area contributed by atoms with Gasteiger partial charge in [0.15, 0.2) is 0 Å². The predicted molar refractivity (Wildman–Crippen MR) is 65.6 cm³/mol. The van der Waals surface area contributed by atoms with Crippen LogP contribution in [0.4, 0.5) is 8.78 Å². The summed E-state index contributed by atoms with van der Waals surface area (Å²) in [6, 6.07) is 4.65. The van der Waals surface area contributed by atoms with Crippen LogP contribution in [0.1, 0.15) is 25.3 Å². The van der Waals surface area contributed by atoms with Gasteiger partial charge >= 0.3 is 0 Å². The number of benzene rings is 1. The quantitative estimate of drug-likeness (QED) is 0.881. The summed E-state index contributed by atoms with van der Waals surface area (Å²) in [6.45, 7) is 1.82. The Labute approximate surface area is 103 Å². The Balaban J connectivity index is 2.85. The van der Waals surface area contributed by atoms with E-state index in [4.69, 9.17) is 5.73 Å². The van der Waals surface area contributed by atoms with E-state index in [1.165, 1.54) is 6.07 Å². The second-order valence-electron chi connectivity index (χ2n) is 4.02. The van der Waals surface area contributed by atoms with E-state index in [9.17, 15) is 8.78 Å². The van der Waals surface area contributed by atoms with Crippen LogP contribution in [0.5, 0.6) is 0 Å². The van der Waals surface area contributed by atoms with Gasteiger partial charge in [-0.05, 0) is 24.1 Å². The van der Waals surface area contributed by atoms with Crippen molar-refractivity contribution in [2.75, 3.05) is 6.54 Å². The first kappa shape index (κ1) is 13.6. The fourth-order valence-electron chi connectivity index (χ4n) is 1.72. The van der Waals surface area contributed by atoms with Crippen molar-refractivity contribution in [1.82, 2.24) is 0 Å². The zero-order valence-corrected chi connectivity index (χ0v) is 10.9. The average Bonchev–Trinajstić information content (AvgIpc) is 2.23. The van der Waals surface area contributed by atoms with E-state index < -0.39 is 5.67 Å². The fraction of sp³-hybridized carbons (Fsp3) is 0.500. The average molecular weight is 292 g/mol. The van der Waals surface area contributed by atoms with Gasteiger partial charge in [-0.1, -0.05) is 35.3 Å². The van der Waals surface area contributed by atoms with Crippen molar-refractivity contribution in [3.8, 4) is 0 Å². The molecule has 0 spiro atoms. The number of alkyl halides is 1.